The van der Waals surface area contributed by atoms with Crippen LogP contribution in [0.2, 0.25) is 0 Å². The summed E-state index contributed by atoms with van der Waals surface area (Å²) in [7, 11) is 1.80. The summed E-state index contributed by atoms with van der Waals surface area (Å²) >= 11 is 0. The number of likely N-dealkylation sites (tertiary alicyclic amines) is 1. The maximum Gasteiger partial charge on any atom is 0.321 e. The molecule has 0 radical (unpaired) electrons. The van der Waals surface area contributed by atoms with Gasteiger partial charge >= 0.3 is 6.03 Å². The first-order valence-corrected chi connectivity index (χ1v) is 7.31. The lowest BCUT2D eigenvalue weighted by Crippen LogP contribution is -2.47. The fraction of sp³-hybridized carbons (Fsp3) is 0.438. The van der Waals surface area contributed by atoms with Crippen LogP contribution in [0, 0.1) is 11.3 Å². The summed E-state index contributed by atoms with van der Waals surface area (Å²) < 4.78 is 0. The zero-order valence-corrected chi connectivity index (χ0v) is 12.9. The van der Waals surface area contributed by atoms with Crippen LogP contribution in [0.5, 0.6) is 0 Å². The van der Waals surface area contributed by atoms with Crippen LogP contribution in [0.15, 0.2) is 24.3 Å². The number of urea groups is 1. The van der Waals surface area contributed by atoms with Crippen molar-refractivity contribution in [3.63, 3.8) is 0 Å². The number of para-hydroxylation sites is 1. The van der Waals surface area contributed by atoms with Crippen LogP contribution >= 0.6 is 0 Å². The molecule has 0 spiro atoms. The van der Waals surface area contributed by atoms with Gasteiger partial charge in [0.15, 0.2) is 0 Å². The maximum atomic E-state index is 12.3. The van der Waals surface area contributed by atoms with Crippen LogP contribution < -0.4 is 5.32 Å². The minimum absolute atomic E-state index is 0.0471. The van der Waals surface area contributed by atoms with Crippen LogP contribution in [0.3, 0.4) is 0 Å². The van der Waals surface area contributed by atoms with Gasteiger partial charge in [0.2, 0.25) is 5.91 Å². The summed E-state index contributed by atoms with van der Waals surface area (Å²) in [6, 6.07) is 8.98. The van der Waals surface area contributed by atoms with E-state index in [4.69, 9.17) is 5.26 Å². The Kier molecular flexibility index (Phi) is 4.99. The number of nitrogens with zero attached hydrogens (tertiary/aromatic N) is 3. The molecule has 116 valence electrons. The lowest BCUT2D eigenvalue weighted by atomic mass is 10.0. The molecule has 0 aliphatic carbocycles. The van der Waals surface area contributed by atoms with Gasteiger partial charge in [-0.2, -0.15) is 5.26 Å². The third-order valence-electron chi connectivity index (χ3n) is 4.09. The molecule has 22 heavy (non-hydrogen) atoms. The second kappa shape index (κ2) is 6.94. The number of rotatable bonds is 2. The molecule has 1 heterocycles. The molecule has 1 aliphatic rings. The third-order valence-corrected chi connectivity index (χ3v) is 4.09. The molecule has 1 saturated heterocycles. The summed E-state index contributed by atoms with van der Waals surface area (Å²) in [4.78, 5) is 27.1. The van der Waals surface area contributed by atoms with E-state index < -0.39 is 0 Å². The van der Waals surface area contributed by atoms with Crippen LogP contribution in [0.25, 0.3) is 0 Å². The molecule has 6 heteroatoms. The lowest BCUT2D eigenvalue weighted by molar-refractivity contribution is -0.130. The van der Waals surface area contributed by atoms with Crippen molar-refractivity contribution in [1.82, 2.24) is 9.80 Å². The Morgan fingerprint density at radius 3 is 2.55 bits per heavy atom. The number of hydrogen-bond donors (Lipinski definition) is 1. The third kappa shape index (κ3) is 3.55. The molecule has 1 N–H and O–H groups in total. The van der Waals surface area contributed by atoms with Crippen LogP contribution in [0.4, 0.5) is 10.5 Å². The quantitative estimate of drug-likeness (QED) is 0.908. The maximum absolute atomic E-state index is 12.3. The molecule has 6 nitrogen and oxygen atoms in total. The van der Waals surface area contributed by atoms with Crippen molar-refractivity contribution in [2.75, 3.05) is 25.5 Å². The molecule has 0 unspecified atom stereocenters. The molecule has 0 bridgehead atoms. The summed E-state index contributed by atoms with van der Waals surface area (Å²) in [5, 5.41) is 11.8. The molecule has 2 rings (SSSR count). The van der Waals surface area contributed by atoms with Crippen molar-refractivity contribution in [2.24, 2.45) is 0 Å². The molecule has 0 saturated carbocycles. The number of carbonyl (C=O) groups is 2. The first-order chi connectivity index (χ1) is 10.5. The first-order valence-electron chi connectivity index (χ1n) is 7.31. The van der Waals surface area contributed by atoms with Crippen LogP contribution in [0.1, 0.15) is 25.3 Å². The Labute approximate surface area is 130 Å². The Morgan fingerprint density at radius 1 is 1.32 bits per heavy atom. The molecule has 1 aliphatic heterocycles. The molecule has 3 amide bonds. The van der Waals surface area contributed by atoms with Crippen molar-refractivity contribution >= 4 is 17.6 Å². The minimum atomic E-state index is -0.202. The van der Waals surface area contributed by atoms with E-state index in [2.05, 4.69) is 11.4 Å². The van der Waals surface area contributed by atoms with Gasteiger partial charge < -0.3 is 15.1 Å². The molecular weight excluding hydrogens is 280 g/mol. The SMILES string of the molecule is CC(=O)N(C)C1CCN(C(=O)Nc2ccccc2C#N)CC1. The number of nitriles is 1. The predicted octanol–water partition coefficient (Wildman–Crippen LogP) is 2.03. The summed E-state index contributed by atoms with van der Waals surface area (Å²) in [5.74, 6) is 0.0471. The Bertz CT molecular complexity index is 600. The van der Waals surface area contributed by atoms with E-state index >= 15 is 0 Å². The van der Waals surface area contributed by atoms with Gasteiger partial charge in [0.1, 0.15) is 6.07 Å². The highest BCUT2D eigenvalue weighted by Crippen LogP contribution is 2.18. The van der Waals surface area contributed by atoms with Gasteiger partial charge in [0.05, 0.1) is 11.3 Å². The zero-order chi connectivity index (χ0) is 16.1. The second-order valence-electron chi connectivity index (χ2n) is 5.44. The van der Waals surface area contributed by atoms with Crippen molar-refractivity contribution in [2.45, 2.75) is 25.8 Å². The fourth-order valence-corrected chi connectivity index (χ4v) is 2.60. The monoisotopic (exact) mass is 300 g/mol. The fourth-order valence-electron chi connectivity index (χ4n) is 2.60. The number of piperidine rings is 1. The Hall–Kier alpha value is -2.55. The Morgan fingerprint density at radius 2 is 1.95 bits per heavy atom. The van der Waals surface area contributed by atoms with Crippen molar-refractivity contribution in [3.8, 4) is 6.07 Å². The molecular formula is C16H20N4O2. The number of amides is 3. The smallest absolute Gasteiger partial charge is 0.321 e. The highest BCUT2D eigenvalue weighted by molar-refractivity contribution is 5.90. The van der Waals surface area contributed by atoms with E-state index in [0.717, 1.165) is 12.8 Å². The van der Waals surface area contributed by atoms with Gasteiger partial charge in [-0.25, -0.2) is 4.79 Å². The molecule has 1 fully saturated rings. The van der Waals surface area contributed by atoms with Crippen LogP contribution in [-0.2, 0) is 4.79 Å². The summed E-state index contributed by atoms with van der Waals surface area (Å²) in [5.41, 5.74) is 0.972. The van der Waals surface area contributed by atoms with Crippen LogP contribution in [-0.4, -0.2) is 47.9 Å². The second-order valence-corrected chi connectivity index (χ2v) is 5.44. The molecule has 0 aromatic heterocycles. The zero-order valence-electron chi connectivity index (χ0n) is 12.9. The summed E-state index contributed by atoms with van der Waals surface area (Å²) in [6.45, 7) is 2.75. The van der Waals surface area contributed by atoms with Gasteiger partial charge in [-0.1, -0.05) is 12.1 Å². The number of anilines is 1. The average Bonchev–Trinajstić information content (AvgIpc) is 2.54. The van der Waals surface area contributed by atoms with Crippen molar-refractivity contribution in [3.05, 3.63) is 29.8 Å². The molecule has 1 aromatic carbocycles. The average molecular weight is 300 g/mol. The standard InChI is InChI=1S/C16H20N4O2/c1-12(21)19(2)14-7-9-20(10-8-14)16(22)18-15-6-4-3-5-13(15)11-17/h3-6,14H,7-10H2,1-2H3,(H,18,22). The van der Waals surface area contributed by atoms with E-state index in [9.17, 15) is 9.59 Å². The largest absolute Gasteiger partial charge is 0.343 e. The van der Waals surface area contributed by atoms with E-state index in [1.165, 1.54) is 0 Å². The summed E-state index contributed by atoms with van der Waals surface area (Å²) in [6.07, 6.45) is 1.53. The van der Waals surface area contributed by atoms with E-state index in [1.807, 2.05) is 0 Å². The lowest BCUT2D eigenvalue weighted by Gasteiger charge is -2.36. The normalized spacial score (nSPS) is 15.0. The van der Waals surface area contributed by atoms with Crippen molar-refractivity contribution in [1.29, 1.82) is 5.26 Å². The number of benzene rings is 1. The van der Waals surface area contributed by atoms with Gasteiger partial charge in [-0.05, 0) is 25.0 Å². The van der Waals surface area contributed by atoms with Gasteiger partial charge in [-0.15, -0.1) is 0 Å². The van der Waals surface area contributed by atoms with Gasteiger partial charge in [0, 0.05) is 33.1 Å². The molecule has 1 aromatic rings. The Balaban J connectivity index is 1.93. The van der Waals surface area contributed by atoms with E-state index in [1.54, 1.807) is 48.0 Å². The van der Waals surface area contributed by atoms with E-state index in [0.29, 0.717) is 24.3 Å². The highest BCUT2D eigenvalue weighted by atomic mass is 16.2. The topological polar surface area (TPSA) is 76.4 Å². The highest BCUT2D eigenvalue weighted by Gasteiger charge is 2.26. The number of nitrogens with one attached hydrogen (secondary N) is 1. The van der Waals surface area contributed by atoms with Crippen molar-refractivity contribution < 1.29 is 9.59 Å². The first kappa shape index (κ1) is 15.8. The number of hydrogen-bond acceptors (Lipinski definition) is 3. The van der Waals surface area contributed by atoms with Gasteiger partial charge in [-0.3, -0.25) is 4.79 Å². The minimum Gasteiger partial charge on any atom is -0.343 e. The molecule has 0 atom stereocenters. The van der Waals surface area contributed by atoms with E-state index in [-0.39, 0.29) is 18.0 Å². The number of carbonyl (C=O) groups excluding carboxylic acids is 2. The van der Waals surface area contributed by atoms with Gasteiger partial charge in [0.25, 0.3) is 0 Å². The predicted molar refractivity (Wildman–Crippen MR) is 83.2 cm³/mol.